The third-order valence-corrected chi connectivity index (χ3v) is 3.97. The lowest BCUT2D eigenvalue weighted by Crippen LogP contribution is -2.53. The molecule has 1 aliphatic carbocycles. The molecule has 0 aromatic carbocycles. The molecule has 1 aliphatic rings. The fraction of sp³-hybridized carbons (Fsp3) is 0.667. The van der Waals surface area contributed by atoms with Crippen LogP contribution < -0.4 is 16.2 Å². The normalized spacial score (nSPS) is 20.0. The molecule has 0 amide bonds. The molecule has 142 valence electrons. The molecule has 0 heterocycles. The highest BCUT2D eigenvalue weighted by Gasteiger charge is 2.26. The van der Waals surface area contributed by atoms with Crippen molar-refractivity contribution in [3.63, 3.8) is 0 Å². The van der Waals surface area contributed by atoms with Crippen LogP contribution in [-0.4, -0.2) is 62.4 Å². The van der Waals surface area contributed by atoms with E-state index in [-0.39, 0.29) is 5.92 Å². The van der Waals surface area contributed by atoms with Crippen LogP contribution in [0, 0.1) is 5.92 Å². The van der Waals surface area contributed by atoms with Gasteiger partial charge in [0.2, 0.25) is 10.0 Å². The van der Waals surface area contributed by atoms with Crippen LogP contribution >= 0.6 is 0 Å². The van der Waals surface area contributed by atoms with Gasteiger partial charge in [-0.25, -0.2) is 13.1 Å². The van der Waals surface area contributed by atoms with E-state index in [0.29, 0.717) is 13.1 Å². The summed E-state index contributed by atoms with van der Waals surface area (Å²) < 4.78 is 56.1. The summed E-state index contributed by atoms with van der Waals surface area (Å²) in [6.07, 6.45) is 6.86. The van der Waals surface area contributed by atoms with Crippen molar-refractivity contribution in [2.24, 2.45) is 17.4 Å². The summed E-state index contributed by atoms with van der Waals surface area (Å²) >= 11 is 0. The number of nitrogens with one attached hydrogen (secondary N) is 1. The van der Waals surface area contributed by atoms with Crippen molar-refractivity contribution >= 4 is 20.4 Å². The van der Waals surface area contributed by atoms with E-state index in [4.69, 9.17) is 29.0 Å². The van der Waals surface area contributed by atoms with Crippen LogP contribution in [0.3, 0.4) is 0 Å². The van der Waals surface area contributed by atoms with E-state index < -0.39 is 26.1 Å². The Bertz CT molecular complexity index is 662. The molecular weight excluding hydrogens is 360 g/mol. The lowest BCUT2D eigenvalue weighted by molar-refractivity contribution is 0.354. The van der Waals surface area contributed by atoms with Gasteiger partial charge in [0.05, 0.1) is 11.9 Å². The van der Waals surface area contributed by atoms with Gasteiger partial charge in [-0.15, -0.1) is 0 Å². The SMILES string of the molecule is CCN(CCNS(C)(=O)=O)C1=CC(C)C(N)(N)C=C1.O=S(=O)(O)O. The maximum atomic E-state index is 11.0. The highest BCUT2D eigenvalue weighted by molar-refractivity contribution is 7.88. The Kier molecular flexibility index (Phi) is 8.52. The van der Waals surface area contributed by atoms with Gasteiger partial charge in [-0.3, -0.25) is 9.11 Å². The van der Waals surface area contributed by atoms with E-state index in [0.717, 1.165) is 18.5 Å². The van der Waals surface area contributed by atoms with E-state index >= 15 is 0 Å². The number of likely N-dealkylation sites (N-methyl/N-ethyl adjacent to an activating group) is 1. The van der Waals surface area contributed by atoms with Gasteiger partial charge in [0.25, 0.3) is 0 Å². The molecule has 0 fully saturated rings. The molecule has 12 heteroatoms. The standard InChI is InChI=1S/C12H24N4O2S.H2O4S/c1-4-16(8-7-15-19(3,17)18)11-5-6-12(13,14)10(2)9-11;1-5(2,3)4/h5-6,9-10,15H,4,7-8,13-14H2,1-3H3;(H2,1,2,3,4). The first-order valence-corrected chi connectivity index (χ1v) is 10.3. The number of nitrogens with two attached hydrogens (primary N) is 2. The predicted molar refractivity (Wildman–Crippen MR) is 91.8 cm³/mol. The molecule has 10 nitrogen and oxygen atoms in total. The summed E-state index contributed by atoms with van der Waals surface area (Å²) in [6, 6.07) is 0. The smallest absolute Gasteiger partial charge is 0.371 e. The molecule has 1 unspecified atom stereocenters. The van der Waals surface area contributed by atoms with Gasteiger partial charge in [-0.05, 0) is 19.1 Å². The second kappa shape index (κ2) is 8.89. The van der Waals surface area contributed by atoms with Gasteiger partial charge in [-0.1, -0.05) is 13.0 Å². The number of hydrogen-bond donors (Lipinski definition) is 5. The maximum Gasteiger partial charge on any atom is 0.394 e. The lowest BCUT2D eigenvalue weighted by Gasteiger charge is -2.33. The number of hydrogen-bond acceptors (Lipinski definition) is 7. The zero-order valence-corrected chi connectivity index (χ0v) is 15.5. The van der Waals surface area contributed by atoms with E-state index in [1.807, 2.05) is 26.0 Å². The largest absolute Gasteiger partial charge is 0.394 e. The number of nitrogens with zero attached hydrogens (tertiary/aromatic N) is 1. The minimum Gasteiger partial charge on any atom is -0.371 e. The van der Waals surface area contributed by atoms with Gasteiger partial charge in [0, 0.05) is 31.2 Å². The first-order chi connectivity index (χ1) is 10.7. The fourth-order valence-electron chi connectivity index (χ4n) is 1.88. The van der Waals surface area contributed by atoms with Crippen molar-refractivity contribution in [1.29, 1.82) is 0 Å². The van der Waals surface area contributed by atoms with Crippen molar-refractivity contribution in [2.45, 2.75) is 19.5 Å². The van der Waals surface area contributed by atoms with Crippen LogP contribution in [0.25, 0.3) is 0 Å². The minimum atomic E-state index is -4.67. The zero-order chi connectivity index (χ0) is 19.2. The molecule has 0 bridgehead atoms. The van der Waals surface area contributed by atoms with E-state index in [2.05, 4.69) is 9.62 Å². The minimum absolute atomic E-state index is 0.0319. The summed E-state index contributed by atoms with van der Waals surface area (Å²) in [4.78, 5) is 2.08. The van der Waals surface area contributed by atoms with Crippen LogP contribution in [0.2, 0.25) is 0 Å². The van der Waals surface area contributed by atoms with Crippen molar-refractivity contribution in [3.8, 4) is 0 Å². The van der Waals surface area contributed by atoms with Gasteiger partial charge < -0.3 is 16.4 Å². The molecule has 0 spiro atoms. The Balaban J connectivity index is 0.000000922. The third kappa shape index (κ3) is 10.7. The van der Waals surface area contributed by atoms with Crippen LogP contribution in [0.15, 0.2) is 23.9 Å². The van der Waals surface area contributed by atoms with Crippen LogP contribution in [0.4, 0.5) is 0 Å². The number of sulfonamides is 1. The summed E-state index contributed by atoms with van der Waals surface area (Å²) in [7, 11) is -7.81. The Labute approximate surface area is 143 Å². The first kappa shape index (κ1) is 23.0. The average Bonchev–Trinajstić information content (AvgIpc) is 2.35. The molecule has 0 aromatic heterocycles. The summed E-state index contributed by atoms with van der Waals surface area (Å²) in [5.41, 5.74) is 12.1. The van der Waals surface area contributed by atoms with Crippen molar-refractivity contribution in [1.82, 2.24) is 9.62 Å². The fourth-order valence-corrected chi connectivity index (χ4v) is 2.35. The second-order valence-corrected chi connectivity index (χ2v) is 8.14. The Morgan fingerprint density at radius 2 is 1.79 bits per heavy atom. The molecule has 7 N–H and O–H groups in total. The Hall–Kier alpha value is -1.02. The van der Waals surface area contributed by atoms with Crippen LogP contribution in [0.1, 0.15) is 13.8 Å². The second-order valence-electron chi connectivity index (χ2n) is 5.41. The lowest BCUT2D eigenvalue weighted by atomic mass is 9.90. The van der Waals surface area contributed by atoms with Crippen LogP contribution in [-0.2, 0) is 20.4 Å². The monoisotopic (exact) mass is 386 g/mol. The molecule has 24 heavy (non-hydrogen) atoms. The first-order valence-electron chi connectivity index (χ1n) is 7.04. The molecule has 0 saturated heterocycles. The third-order valence-electron chi connectivity index (χ3n) is 3.25. The Morgan fingerprint density at radius 3 is 2.17 bits per heavy atom. The average molecular weight is 386 g/mol. The molecule has 1 rings (SSSR count). The topological polar surface area (TPSA) is 176 Å². The number of allylic oxidation sites excluding steroid dienone is 1. The van der Waals surface area contributed by atoms with E-state index in [1.165, 1.54) is 0 Å². The Morgan fingerprint density at radius 1 is 1.29 bits per heavy atom. The van der Waals surface area contributed by atoms with Gasteiger partial charge in [-0.2, -0.15) is 8.42 Å². The number of rotatable bonds is 6. The van der Waals surface area contributed by atoms with Crippen molar-refractivity contribution in [2.75, 3.05) is 25.9 Å². The van der Waals surface area contributed by atoms with E-state index in [9.17, 15) is 8.42 Å². The molecule has 0 saturated carbocycles. The summed E-state index contributed by atoms with van der Waals surface area (Å²) in [5.74, 6) is 0.0319. The van der Waals surface area contributed by atoms with Crippen LogP contribution in [0.5, 0.6) is 0 Å². The highest BCUT2D eigenvalue weighted by Crippen LogP contribution is 2.22. The molecular formula is C12H26N4O6S2. The van der Waals surface area contributed by atoms with Gasteiger partial charge >= 0.3 is 10.4 Å². The van der Waals surface area contributed by atoms with Gasteiger partial charge in [0.1, 0.15) is 0 Å². The van der Waals surface area contributed by atoms with Crippen molar-refractivity contribution in [3.05, 3.63) is 23.9 Å². The quantitative estimate of drug-likeness (QED) is 0.280. The molecule has 0 aromatic rings. The highest BCUT2D eigenvalue weighted by atomic mass is 32.3. The zero-order valence-electron chi connectivity index (χ0n) is 13.9. The molecule has 0 aliphatic heterocycles. The summed E-state index contributed by atoms with van der Waals surface area (Å²) in [5, 5.41) is 0. The molecule has 0 radical (unpaired) electrons. The van der Waals surface area contributed by atoms with Gasteiger partial charge in [0.15, 0.2) is 0 Å². The predicted octanol–water partition coefficient (Wildman–Crippen LogP) is -1.09. The van der Waals surface area contributed by atoms with E-state index in [1.54, 1.807) is 6.08 Å². The summed E-state index contributed by atoms with van der Waals surface area (Å²) in [6.45, 7) is 5.76. The maximum absolute atomic E-state index is 11.0. The molecule has 1 atom stereocenters. The van der Waals surface area contributed by atoms with Crippen molar-refractivity contribution < 1.29 is 25.9 Å².